The number of fused-ring (bicyclic) bond motifs is 3. The summed E-state index contributed by atoms with van der Waals surface area (Å²) < 4.78 is 15.1. The summed E-state index contributed by atoms with van der Waals surface area (Å²) >= 11 is 6.47. The monoisotopic (exact) mass is 553 g/mol. The highest BCUT2D eigenvalue weighted by molar-refractivity contribution is 6.35. The second kappa shape index (κ2) is 9.65. The summed E-state index contributed by atoms with van der Waals surface area (Å²) in [4.78, 5) is 36.1. The third kappa shape index (κ3) is 3.82. The van der Waals surface area contributed by atoms with Gasteiger partial charge in [0.15, 0.2) is 5.65 Å². The molecule has 4 aromatic heterocycles. The molecule has 1 aliphatic heterocycles. The maximum absolute atomic E-state index is 13.0. The first kappa shape index (κ1) is 24.6. The van der Waals surface area contributed by atoms with Gasteiger partial charge in [-0.2, -0.15) is 0 Å². The van der Waals surface area contributed by atoms with E-state index >= 15 is 0 Å². The maximum atomic E-state index is 13.0. The van der Waals surface area contributed by atoms with E-state index in [4.69, 9.17) is 26.1 Å². The van der Waals surface area contributed by atoms with Gasteiger partial charge in [-0.15, -0.1) is 0 Å². The molecule has 40 heavy (non-hydrogen) atoms. The lowest BCUT2D eigenvalue weighted by molar-refractivity contribution is -0.0298. The molecule has 0 saturated carbocycles. The molecule has 0 spiro atoms. The fourth-order valence-electron chi connectivity index (χ4n) is 5.54. The first-order chi connectivity index (χ1) is 19.5. The number of benzene rings is 2. The first-order valence-electron chi connectivity index (χ1n) is 13.0. The number of aryl methyl sites for hydroxylation is 1. The van der Waals surface area contributed by atoms with Crippen molar-refractivity contribution in [2.45, 2.75) is 32.4 Å². The zero-order valence-electron chi connectivity index (χ0n) is 21.8. The Balaban J connectivity index is 1.49. The fourth-order valence-corrected chi connectivity index (χ4v) is 5.76. The Labute approximate surface area is 233 Å². The zero-order valence-corrected chi connectivity index (χ0v) is 22.6. The molecule has 1 aliphatic rings. The van der Waals surface area contributed by atoms with Crippen molar-refractivity contribution >= 4 is 50.7 Å². The molecule has 0 radical (unpaired) electrons. The van der Waals surface area contributed by atoms with Crippen molar-refractivity contribution in [3.8, 4) is 16.9 Å². The number of ether oxygens (including phenoxy) is 2. The summed E-state index contributed by atoms with van der Waals surface area (Å²) in [6, 6.07) is 11.3. The Morgan fingerprint density at radius 1 is 1.07 bits per heavy atom. The number of hydrogen-bond donors (Lipinski definition) is 0. The lowest BCUT2D eigenvalue weighted by Gasteiger charge is -2.23. The highest BCUT2D eigenvalue weighted by Gasteiger charge is 2.24. The van der Waals surface area contributed by atoms with Crippen molar-refractivity contribution in [2.75, 3.05) is 13.7 Å². The second-order valence-corrected chi connectivity index (χ2v) is 10.1. The largest absolute Gasteiger partial charge is 0.465 e. The molecule has 0 amide bonds. The predicted octanol–water partition coefficient (Wildman–Crippen LogP) is 5.83. The highest BCUT2D eigenvalue weighted by Crippen LogP contribution is 2.35. The molecule has 1 fully saturated rings. The van der Waals surface area contributed by atoms with Crippen LogP contribution in [0.5, 0.6) is 0 Å². The number of rotatable bonds is 4. The highest BCUT2D eigenvalue weighted by atomic mass is 35.5. The molecule has 10 nitrogen and oxygen atoms in total. The van der Waals surface area contributed by atoms with Crippen LogP contribution in [-0.4, -0.2) is 53.7 Å². The van der Waals surface area contributed by atoms with Gasteiger partial charge in [-0.25, -0.2) is 24.7 Å². The molecule has 0 aliphatic carbocycles. The zero-order chi connectivity index (χ0) is 27.4. The van der Waals surface area contributed by atoms with E-state index in [1.54, 1.807) is 18.6 Å². The molecule has 1 saturated heterocycles. The molecule has 200 valence electrons. The van der Waals surface area contributed by atoms with Gasteiger partial charge in [-0.3, -0.25) is 14.1 Å². The lowest BCUT2D eigenvalue weighted by atomic mass is 10.0. The molecular formula is C29H24ClN7O3. The average molecular weight is 554 g/mol. The van der Waals surface area contributed by atoms with Crippen molar-refractivity contribution in [1.82, 2.24) is 34.1 Å². The minimum Gasteiger partial charge on any atom is -0.465 e. The Kier molecular flexibility index (Phi) is 5.94. The van der Waals surface area contributed by atoms with Crippen LogP contribution >= 0.6 is 11.6 Å². The van der Waals surface area contributed by atoms with Gasteiger partial charge in [0.25, 0.3) is 0 Å². The number of nitrogens with zero attached hydrogens (tertiary/aromatic N) is 7. The van der Waals surface area contributed by atoms with Gasteiger partial charge < -0.3 is 9.47 Å². The van der Waals surface area contributed by atoms with E-state index < -0.39 is 5.97 Å². The third-order valence-electron chi connectivity index (χ3n) is 7.37. The van der Waals surface area contributed by atoms with Gasteiger partial charge in [0, 0.05) is 23.8 Å². The number of imidazole rings is 2. The Morgan fingerprint density at radius 3 is 2.80 bits per heavy atom. The number of pyridine rings is 1. The van der Waals surface area contributed by atoms with E-state index in [0.717, 1.165) is 30.3 Å². The van der Waals surface area contributed by atoms with E-state index in [1.807, 2.05) is 46.4 Å². The van der Waals surface area contributed by atoms with Crippen molar-refractivity contribution in [3.63, 3.8) is 0 Å². The van der Waals surface area contributed by atoms with Crippen LogP contribution < -0.4 is 0 Å². The van der Waals surface area contributed by atoms with Crippen LogP contribution in [0.15, 0.2) is 55.2 Å². The van der Waals surface area contributed by atoms with Crippen LogP contribution in [0.25, 0.3) is 50.0 Å². The molecule has 11 heteroatoms. The average Bonchev–Trinajstić information content (AvgIpc) is 3.57. The number of hydrogen-bond acceptors (Lipinski definition) is 8. The van der Waals surface area contributed by atoms with Gasteiger partial charge in [0.2, 0.25) is 0 Å². The molecule has 6 aromatic rings. The summed E-state index contributed by atoms with van der Waals surface area (Å²) in [5, 5.41) is 1.41. The predicted molar refractivity (Wildman–Crippen MR) is 151 cm³/mol. The van der Waals surface area contributed by atoms with Crippen LogP contribution in [0.2, 0.25) is 5.02 Å². The molecule has 0 bridgehead atoms. The number of methoxy groups -OCH3 is 1. The summed E-state index contributed by atoms with van der Waals surface area (Å²) in [7, 11) is 1.36. The number of carbonyl (C=O) groups excluding carboxylic acids is 1. The number of aromatic nitrogens is 7. The lowest BCUT2D eigenvalue weighted by Crippen LogP contribution is -2.17. The van der Waals surface area contributed by atoms with Crippen molar-refractivity contribution in [2.24, 2.45) is 0 Å². The SMILES string of the molecule is COC(=O)c1cc(-c2ncnc3c2ncn3C2CCCCO2)cc2c1nc(C)n2-c1ccnc2c(Cl)cccc12. The fraction of sp³-hybridized carbons (Fsp3) is 0.241. The Hall–Kier alpha value is -4.41. The molecule has 0 N–H and O–H groups in total. The molecule has 7 rings (SSSR count). The van der Waals surface area contributed by atoms with Crippen molar-refractivity contribution in [3.05, 3.63) is 71.7 Å². The standard InChI is InChI=1S/C29H24ClN7O3/c1-16-35-26-19(29(38)39-2)12-17(13-22(26)37(16)21-9-10-31-25-18(21)6-5-7-20(25)30)24-27-28(33-14-32-24)36(15-34-27)23-8-3-4-11-40-23/h5-7,9-10,12-15,23H,3-4,8,11H2,1-2H3. The quantitative estimate of drug-likeness (QED) is 0.251. The second-order valence-electron chi connectivity index (χ2n) is 9.71. The van der Waals surface area contributed by atoms with E-state index in [2.05, 4.69) is 19.9 Å². The van der Waals surface area contributed by atoms with Gasteiger partial charge in [-0.1, -0.05) is 23.7 Å². The molecular weight excluding hydrogens is 530 g/mol. The Morgan fingerprint density at radius 2 is 1.98 bits per heavy atom. The molecule has 2 aromatic carbocycles. The summed E-state index contributed by atoms with van der Waals surface area (Å²) in [6.07, 6.45) is 7.89. The minimum absolute atomic E-state index is 0.120. The van der Waals surface area contributed by atoms with Gasteiger partial charge in [-0.05, 0) is 50.5 Å². The number of para-hydroxylation sites is 1. The number of halogens is 1. The van der Waals surface area contributed by atoms with Gasteiger partial charge in [0.1, 0.15) is 35.1 Å². The van der Waals surface area contributed by atoms with E-state index in [9.17, 15) is 4.79 Å². The van der Waals surface area contributed by atoms with E-state index in [-0.39, 0.29) is 6.23 Å². The van der Waals surface area contributed by atoms with Crippen LogP contribution in [0.1, 0.15) is 41.7 Å². The normalized spacial score (nSPS) is 15.7. The molecule has 1 unspecified atom stereocenters. The van der Waals surface area contributed by atoms with E-state index in [0.29, 0.717) is 62.0 Å². The number of carbonyl (C=O) groups is 1. The van der Waals surface area contributed by atoms with E-state index in [1.165, 1.54) is 13.4 Å². The minimum atomic E-state index is -0.495. The van der Waals surface area contributed by atoms with Crippen LogP contribution in [-0.2, 0) is 9.47 Å². The number of esters is 1. The Bertz CT molecular complexity index is 1940. The third-order valence-corrected chi connectivity index (χ3v) is 7.68. The van der Waals surface area contributed by atoms with Crippen molar-refractivity contribution in [1.29, 1.82) is 0 Å². The summed E-state index contributed by atoms with van der Waals surface area (Å²) in [6.45, 7) is 2.60. The maximum Gasteiger partial charge on any atom is 0.340 e. The topological polar surface area (TPSA) is 110 Å². The molecule has 1 atom stereocenters. The van der Waals surface area contributed by atoms with Gasteiger partial charge >= 0.3 is 5.97 Å². The first-order valence-corrected chi connectivity index (χ1v) is 13.4. The molecule has 5 heterocycles. The van der Waals surface area contributed by atoms with Crippen LogP contribution in [0.4, 0.5) is 0 Å². The van der Waals surface area contributed by atoms with Gasteiger partial charge in [0.05, 0.1) is 40.7 Å². The smallest absolute Gasteiger partial charge is 0.340 e. The van der Waals surface area contributed by atoms with Crippen LogP contribution in [0.3, 0.4) is 0 Å². The summed E-state index contributed by atoms with van der Waals surface area (Å²) in [5.74, 6) is 0.196. The van der Waals surface area contributed by atoms with Crippen molar-refractivity contribution < 1.29 is 14.3 Å². The van der Waals surface area contributed by atoms with Crippen LogP contribution in [0, 0.1) is 6.92 Å². The summed E-state index contributed by atoms with van der Waals surface area (Å²) in [5.41, 5.74) is 5.66.